The Bertz CT molecular complexity index is 951. The highest BCUT2D eigenvalue weighted by Crippen LogP contribution is 2.24. The third-order valence-electron chi connectivity index (χ3n) is 5.30. The number of carbonyl (C=O) groups excluding carboxylic acids is 1. The fourth-order valence-corrected chi connectivity index (χ4v) is 3.78. The number of nitrogens with one attached hydrogen (secondary N) is 1. The van der Waals surface area contributed by atoms with Gasteiger partial charge in [-0.25, -0.2) is 0 Å². The van der Waals surface area contributed by atoms with Crippen molar-refractivity contribution in [3.8, 4) is 0 Å². The molecule has 0 spiro atoms. The summed E-state index contributed by atoms with van der Waals surface area (Å²) in [4.78, 5) is 15.0. The lowest BCUT2D eigenvalue weighted by atomic mass is 10.1. The van der Waals surface area contributed by atoms with Gasteiger partial charge in [-0.1, -0.05) is 59.9 Å². The van der Waals surface area contributed by atoms with Crippen molar-refractivity contribution >= 4 is 23.5 Å². The number of aromatic nitrogens is 2. The van der Waals surface area contributed by atoms with E-state index in [-0.39, 0.29) is 5.91 Å². The molecule has 1 aliphatic rings. The van der Waals surface area contributed by atoms with Gasteiger partial charge >= 0.3 is 6.01 Å². The second-order valence-corrected chi connectivity index (χ2v) is 7.98. The Kier molecular flexibility index (Phi) is 6.64. The Morgan fingerprint density at radius 1 is 1.00 bits per heavy atom. The molecule has 1 N–H and O–H groups in total. The van der Waals surface area contributed by atoms with Crippen molar-refractivity contribution < 1.29 is 9.21 Å². The van der Waals surface area contributed by atoms with Crippen LogP contribution in [0.1, 0.15) is 53.5 Å². The maximum atomic E-state index is 12.8. The second-order valence-electron chi connectivity index (χ2n) is 7.55. The molecule has 2 heterocycles. The summed E-state index contributed by atoms with van der Waals surface area (Å²) in [5.41, 5.74) is 1.61. The molecule has 0 bridgehead atoms. The van der Waals surface area contributed by atoms with Gasteiger partial charge < -0.3 is 14.6 Å². The first-order chi connectivity index (χ1) is 14.7. The number of carbonyl (C=O) groups is 1. The molecule has 30 heavy (non-hydrogen) atoms. The van der Waals surface area contributed by atoms with Gasteiger partial charge in [0.2, 0.25) is 5.89 Å². The minimum Gasteiger partial charge on any atom is -0.406 e. The average molecular weight is 425 g/mol. The predicted molar refractivity (Wildman–Crippen MR) is 117 cm³/mol. The molecular weight excluding hydrogens is 400 g/mol. The number of amides is 1. The summed E-state index contributed by atoms with van der Waals surface area (Å²) >= 11 is 5.94. The van der Waals surface area contributed by atoms with E-state index in [0.29, 0.717) is 28.9 Å². The Morgan fingerprint density at radius 2 is 1.70 bits per heavy atom. The van der Waals surface area contributed by atoms with Gasteiger partial charge in [0, 0.05) is 30.1 Å². The summed E-state index contributed by atoms with van der Waals surface area (Å²) in [6, 6.07) is 16.9. The van der Waals surface area contributed by atoms with Crippen molar-refractivity contribution in [2.75, 3.05) is 18.0 Å². The highest BCUT2D eigenvalue weighted by atomic mass is 35.5. The third-order valence-corrected chi connectivity index (χ3v) is 5.55. The van der Waals surface area contributed by atoms with E-state index in [9.17, 15) is 4.79 Å². The summed E-state index contributed by atoms with van der Waals surface area (Å²) < 4.78 is 6.04. The molecule has 3 aromatic rings. The first-order valence-corrected chi connectivity index (χ1v) is 10.8. The van der Waals surface area contributed by atoms with Gasteiger partial charge in [0.1, 0.15) is 6.04 Å². The van der Waals surface area contributed by atoms with Gasteiger partial charge in [-0.15, -0.1) is 5.10 Å². The normalized spacial score (nSPS) is 15.4. The number of hydrogen-bond acceptors (Lipinski definition) is 5. The second kappa shape index (κ2) is 9.76. The van der Waals surface area contributed by atoms with Gasteiger partial charge in [-0.2, -0.15) is 0 Å². The summed E-state index contributed by atoms with van der Waals surface area (Å²) in [5, 5.41) is 12.2. The molecule has 6 nitrogen and oxygen atoms in total. The van der Waals surface area contributed by atoms with E-state index in [1.165, 1.54) is 12.8 Å². The standard InChI is InChI=1S/C23H25ClN4O2/c24-19-12-10-18(11-13-19)21(29)25-20(16-17-8-4-3-5-9-17)22-26-27-23(30-22)28-14-6-1-2-7-15-28/h3-5,8-13,20H,1-2,6-7,14-16H2,(H,25,29). The Hall–Kier alpha value is -2.86. The molecular formula is C23H25ClN4O2. The molecule has 1 atom stereocenters. The van der Waals surface area contributed by atoms with Crippen LogP contribution in [0, 0.1) is 0 Å². The number of hydrogen-bond donors (Lipinski definition) is 1. The molecule has 1 amide bonds. The van der Waals surface area contributed by atoms with E-state index in [0.717, 1.165) is 31.5 Å². The summed E-state index contributed by atoms with van der Waals surface area (Å²) in [6.07, 6.45) is 5.26. The van der Waals surface area contributed by atoms with Crippen LogP contribution in [0.2, 0.25) is 5.02 Å². The van der Waals surface area contributed by atoms with Crippen molar-refractivity contribution in [1.82, 2.24) is 15.5 Å². The summed E-state index contributed by atoms with van der Waals surface area (Å²) in [5.74, 6) is 0.211. The van der Waals surface area contributed by atoms with Gasteiger partial charge in [0.25, 0.3) is 5.91 Å². The molecule has 2 aromatic carbocycles. The lowest BCUT2D eigenvalue weighted by molar-refractivity contribution is 0.0930. The lowest BCUT2D eigenvalue weighted by Gasteiger charge is -2.18. The zero-order valence-corrected chi connectivity index (χ0v) is 17.5. The molecule has 1 saturated heterocycles. The van der Waals surface area contributed by atoms with Gasteiger partial charge in [-0.05, 0) is 42.7 Å². The monoisotopic (exact) mass is 424 g/mol. The molecule has 1 aromatic heterocycles. The van der Waals surface area contributed by atoms with Crippen LogP contribution in [0.4, 0.5) is 6.01 Å². The average Bonchev–Trinajstić information content (AvgIpc) is 3.10. The van der Waals surface area contributed by atoms with Gasteiger partial charge in [0.15, 0.2) is 0 Å². The van der Waals surface area contributed by atoms with Crippen molar-refractivity contribution in [1.29, 1.82) is 0 Å². The number of anilines is 1. The van der Waals surface area contributed by atoms with E-state index in [2.05, 4.69) is 20.4 Å². The molecule has 0 radical (unpaired) electrons. The van der Waals surface area contributed by atoms with Crippen molar-refractivity contribution in [2.45, 2.75) is 38.1 Å². The van der Waals surface area contributed by atoms with Crippen LogP contribution in [0.25, 0.3) is 0 Å². The highest BCUT2D eigenvalue weighted by molar-refractivity contribution is 6.30. The minimum atomic E-state index is -0.427. The zero-order chi connectivity index (χ0) is 20.8. The molecule has 156 valence electrons. The quantitative estimate of drug-likeness (QED) is 0.614. The van der Waals surface area contributed by atoms with E-state index in [4.69, 9.17) is 16.0 Å². The lowest BCUT2D eigenvalue weighted by Crippen LogP contribution is -2.30. The van der Waals surface area contributed by atoms with E-state index in [1.807, 2.05) is 30.3 Å². The SMILES string of the molecule is O=C(NC(Cc1ccccc1)c1nnc(N2CCCCCC2)o1)c1ccc(Cl)cc1. The molecule has 0 saturated carbocycles. The van der Waals surface area contributed by atoms with Crippen LogP contribution in [-0.4, -0.2) is 29.2 Å². The summed E-state index contributed by atoms with van der Waals surface area (Å²) in [6.45, 7) is 1.84. The number of halogens is 1. The van der Waals surface area contributed by atoms with Crippen molar-refractivity contribution in [3.63, 3.8) is 0 Å². The topological polar surface area (TPSA) is 71.3 Å². The third kappa shape index (κ3) is 5.19. The summed E-state index contributed by atoms with van der Waals surface area (Å²) in [7, 11) is 0. The van der Waals surface area contributed by atoms with Crippen LogP contribution >= 0.6 is 11.6 Å². The van der Waals surface area contributed by atoms with Crippen LogP contribution < -0.4 is 10.2 Å². The first kappa shape index (κ1) is 20.4. The predicted octanol–water partition coefficient (Wildman–Crippen LogP) is 4.82. The molecule has 4 rings (SSSR count). The zero-order valence-electron chi connectivity index (χ0n) is 16.8. The minimum absolute atomic E-state index is 0.206. The Morgan fingerprint density at radius 3 is 2.40 bits per heavy atom. The number of rotatable bonds is 6. The number of nitrogens with zero attached hydrogens (tertiary/aromatic N) is 3. The molecule has 1 aliphatic heterocycles. The largest absolute Gasteiger partial charge is 0.406 e. The van der Waals surface area contributed by atoms with Crippen LogP contribution in [0.15, 0.2) is 59.0 Å². The molecule has 0 aliphatic carbocycles. The molecule has 1 fully saturated rings. The fourth-order valence-electron chi connectivity index (χ4n) is 3.65. The van der Waals surface area contributed by atoms with Crippen molar-refractivity contribution in [2.24, 2.45) is 0 Å². The van der Waals surface area contributed by atoms with Crippen LogP contribution in [-0.2, 0) is 6.42 Å². The maximum Gasteiger partial charge on any atom is 0.318 e. The highest BCUT2D eigenvalue weighted by Gasteiger charge is 2.24. The van der Waals surface area contributed by atoms with Crippen LogP contribution in [0.3, 0.4) is 0 Å². The van der Waals surface area contributed by atoms with E-state index in [1.54, 1.807) is 24.3 Å². The van der Waals surface area contributed by atoms with E-state index < -0.39 is 6.04 Å². The van der Waals surface area contributed by atoms with E-state index >= 15 is 0 Å². The Labute approximate surface area is 181 Å². The first-order valence-electron chi connectivity index (χ1n) is 10.4. The fraction of sp³-hybridized carbons (Fsp3) is 0.348. The smallest absolute Gasteiger partial charge is 0.318 e. The van der Waals surface area contributed by atoms with Gasteiger partial charge in [0.05, 0.1) is 0 Å². The molecule has 1 unspecified atom stereocenters. The maximum absolute atomic E-state index is 12.8. The van der Waals surface area contributed by atoms with Crippen molar-refractivity contribution in [3.05, 3.63) is 76.6 Å². The van der Waals surface area contributed by atoms with Crippen LogP contribution in [0.5, 0.6) is 0 Å². The number of benzene rings is 2. The Balaban J connectivity index is 1.55. The van der Waals surface area contributed by atoms with Gasteiger partial charge in [-0.3, -0.25) is 4.79 Å². The molecule has 7 heteroatoms.